The first kappa shape index (κ1) is 14.9. The van der Waals surface area contributed by atoms with Gasteiger partial charge >= 0.3 is 0 Å². The van der Waals surface area contributed by atoms with Crippen LogP contribution in [-0.2, 0) is 5.75 Å². The van der Waals surface area contributed by atoms with Gasteiger partial charge < -0.3 is 0 Å². The molecule has 2 aromatic heterocycles. The third-order valence-electron chi connectivity index (χ3n) is 2.84. The number of fused-ring (bicyclic) bond motifs is 2. The second-order valence-electron chi connectivity index (χ2n) is 4.30. The first-order chi connectivity index (χ1) is 10.2. The van der Waals surface area contributed by atoms with Crippen molar-refractivity contribution in [3.63, 3.8) is 0 Å². The van der Waals surface area contributed by atoms with E-state index < -0.39 is 0 Å². The SMILES string of the molecule is C=C1Sc2sc(C#CC)cc2CSc2sc(C#CC)cc21. The minimum absolute atomic E-state index is 0.990. The number of rotatable bonds is 0. The van der Waals surface area contributed by atoms with Crippen LogP contribution in [0.5, 0.6) is 0 Å². The van der Waals surface area contributed by atoms with Crippen LogP contribution in [0, 0.1) is 23.7 Å². The molecule has 3 heterocycles. The molecule has 0 radical (unpaired) electrons. The fourth-order valence-corrected chi connectivity index (χ4v) is 6.93. The van der Waals surface area contributed by atoms with Crippen LogP contribution in [-0.4, -0.2) is 0 Å². The highest BCUT2D eigenvalue weighted by atomic mass is 32.2. The van der Waals surface area contributed by atoms with Gasteiger partial charge in [-0.25, -0.2) is 0 Å². The average Bonchev–Trinajstić information content (AvgIpc) is 3.00. The normalized spacial score (nSPS) is 13.0. The van der Waals surface area contributed by atoms with Crippen molar-refractivity contribution in [2.75, 3.05) is 0 Å². The third kappa shape index (κ3) is 3.10. The molecule has 2 aromatic rings. The van der Waals surface area contributed by atoms with Crippen molar-refractivity contribution in [1.82, 2.24) is 0 Å². The van der Waals surface area contributed by atoms with Gasteiger partial charge in [-0.3, -0.25) is 0 Å². The van der Waals surface area contributed by atoms with Crippen molar-refractivity contribution in [2.24, 2.45) is 0 Å². The molecule has 0 saturated carbocycles. The van der Waals surface area contributed by atoms with Crippen LogP contribution in [0.25, 0.3) is 4.91 Å². The molecule has 0 bridgehead atoms. The van der Waals surface area contributed by atoms with Gasteiger partial charge in [0.05, 0.1) is 18.2 Å². The maximum atomic E-state index is 4.26. The zero-order chi connectivity index (χ0) is 14.8. The Labute approximate surface area is 142 Å². The lowest BCUT2D eigenvalue weighted by Gasteiger charge is -2.11. The van der Waals surface area contributed by atoms with Crippen LogP contribution in [0.1, 0.15) is 34.7 Å². The Morgan fingerprint density at radius 1 is 1.00 bits per heavy atom. The molecule has 0 saturated heterocycles. The first-order valence-electron chi connectivity index (χ1n) is 6.33. The van der Waals surface area contributed by atoms with Crippen LogP contribution >= 0.6 is 46.2 Å². The van der Waals surface area contributed by atoms with Crippen LogP contribution in [0.15, 0.2) is 27.1 Å². The number of hydrogen-bond acceptors (Lipinski definition) is 4. The van der Waals surface area contributed by atoms with Crippen molar-refractivity contribution in [1.29, 1.82) is 0 Å². The van der Waals surface area contributed by atoms with Crippen molar-refractivity contribution >= 4 is 51.1 Å². The van der Waals surface area contributed by atoms with E-state index in [2.05, 4.69) is 42.4 Å². The quantitative estimate of drug-likeness (QED) is 0.544. The Hall–Kier alpha value is -1.04. The molecule has 0 amide bonds. The summed E-state index contributed by atoms with van der Waals surface area (Å²) in [5.41, 5.74) is 2.62. The molecule has 0 unspecified atom stereocenters. The standard InChI is InChI=1S/C17H12S4/c1-4-6-13-8-12-10-18-17-15(9-14(21-17)7-5-2)11(3)19-16(12)20-13/h8-9H,3,10H2,1-2H3. The van der Waals surface area contributed by atoms with Crippen LogP contribution in [0.3, 0.4) is 0 Å². The van der Waals surface area contributed by atoms with Crippen LogP contribution in [0.4, 0.5) is 0 Å². The van der Waals surface area contributed by atoms with Crippen molar-refractivity contribution in [3.05, 3.63) is 39.6 Å². The molecule has 0 fully saturated rings. The first-order valence-corrected chi connectivity index (χ1v) is 9.76. The van der Waals surface area contributed by atoms with Gasteiger partial charge in [0.15, 0.2) is 0 Å². The van der Waals surface area contributed by atoms with Crippen LogP contribution < -0.4 is 0 Å². The van der Waals surface area contributed by atoms with Gasteiger partial charge in [-0.05, 0) is 31.5 Å². The molecule has 3 rings (SSSR count). The third-order valence-corrected chi connectivity index (χ3v) is 7.53. The molecule has 21 heavy (non-hydrogen) atoms. The highest BCUT2D eigenvalue weighted by Crippen LogP contribution is 2.49. The lowest BCUT2D eigenvalue weighted by Crippen LogP contribution is -1.85. The van der Waals surface area contributed by atoms with Crippen molar-refractivity contribution < 1.29 is 0 Å². The molecule has 1 aliphatic rings. The Kier molecular flexibility index (Phi) is 4.52. The molecule has 104 valence electrons. The van der Waals surface area contributed by atoms with Gasteiger partial charge in [-0.1, -0.05) is 30.2 Å². The molecule has 0 aliphatic carbocycles. The van der Waals surface area contributed by atoms with E-state index in [9.17, 15) is 0 Å². The van der Waals surface area contributed by atoms with Gasteiger partial charge in [-0.15, -0.1) is 46.3 Å². The largest absolute Gasteiger partial charge is 0.120 e. The van der Waals surface area contributed by atoms with Gasteiger partial charge in [0.2, 0.25) is 0 Å². The zero-order valence-corrected chi connectivity index (χ0v) is 15.0. The topological polar surface area (TPSA) is 0 Å². The molecule has 0 atom stereocenters. The number of thiophene rings is 2. The zero-order valence-electron chi connectivity index (χ0n) is 11.7. The summed E-state index contributed by atoms with van der Waals surface area (Å²) in [6.45, 7) is 8.02. The summed E-state index contributed by atoms with van der Waals surface area (Å²) in [6, 6.07) is 4.39. The van der Waals surface area contributed by atoms with Crippen molar-refractivity contribution in [2.45, 2.75) is 28.0 Å². The summed E-state index contributed by atoms with van der Waals surface area (Å²) in [4.78, 5) is 3.38. The Bertz CT molecular complexity index is 828. The number of thioether (sulfide) groups is 2. The molecule has 0 N–H and O–H groups in total. The predicted octanol–water partition coefficient (Wildman–Crippen LogP) is 5.92. The number of hydrogen-bond donors (Lipinski definition) is 0. The van der Waals surface area contributed by atoms with E-state index in [1.807, 2.05) is 25.6 Å². The molecule has 0 aromatic carbocycles. The molecular weight excluding hydrogens is 332 g/mol. The van der Waals surface area contributed by atoms with E-state index in [0.29, 0.717) is 0 Å². The monoisotopic (exact) mass is 344 g/mol. The minimum atomic E-state index is 0.990. The maximum absolute atomic E-state index is 4.26. The van der Waals surface area contributed by atoms with Gasteiger partial charge in [-0.2, -0.15) is 0 Å². The van der Waals surface area contributed by atoms with Crippen LogP contribution in [0.2, 0.25) is 0 Å². The fraction of sp³-hybridized carbons (Fsp3) is 0.176. The summed E-state index contributed by atoms with van der Waals surface area (Å²) >= 11 is 7.19. The summed E-state index contributed by atoms with van der Waals surface area (Å²) in [5.74, 6) is 13.3. The lowest BCUT2D eigenvalue weighted by molar-refractivity contribution is 1.36. The van der Waals surface area contributed by atoms with E-state index in [1.54, 1.807) is 34.4 Å². The lowest BCUT2D eigenvalue weighted by atomic mass is 10.3. The van der Waals surface area contributed by atoms with Gasteiger partial charge in [0.1, 0.15) is 0 Å². The minimum Gasteiger partial charge on any atom is -0.120 e. The summed E-state index contributed by atoms with van der Waals surface area (Å²) in [5, 5.41) is 0. The second kappa shape index (κ2) is 6.38. The fourth-order valence-electron chi connectivity index (χ4n) is 1.95. The summed E-state index contributed by atoms with van der Waals surface area (Å²) in [6.07, 6.45) is 0. The van der Waals surface area contributed by atoms with E-state index in [0.717, 1.165) is 20.4 Å². The molecule has 0 nitrogen and oxygen atoms in total. The Morgan fingerprint density at radius 3 is 2.38 bits per heavy atom. The van der Waals surface area contributed by atoms with E-state index in [1.165, 1.54) is 19.5 Å². The molecular formula is C17H12S4. The Balaban J connectivity index is 1.98. The average molecular weight is 345 g/mol. The maximum Gasteiger partial charge on any atom is 0.0786 e. The van der Waals surface area contributed by atoms with Gasteiger partial charge in [0.25, 0.3) is 0 Å². The molecule has 4 heteroatoms. The van der Waals surface area contributed by atoms with Gasteiger partial charge in [0, 0.05) is 16.2 Å². The highest BCUT2D eigenvalue weighted by Gasteiger charge is 2.20. The Morgan fingerprint density at radius 2 is 1.67 bits per heavy atom. The van der Waals surface area contributed by atoms with E-state index in [4.69, 9.17) is 0 Å². The van der Waals surface area contributed by atoms with Crippen molar-refractivity contribution in [3.8, 4) is 23.7 Å². The summed E-state index contributed by atoms with van der Waals surface area (Å²) < 4.78 is 2.65. The summed E-state index contributed by atoms with van der Waals surface area (Å²) in [7, 11) is 0. The smallest absolute Gasteiger partial charge is 0.0786 e. The van der Waals surface area contributed by atoms with E-state index >= 15 is 0 Å². The molecule has 1 aliphatic heterocycles. The van der Waals surface area contributed by atoms with E-state index in [-0.39, 0.29) is 0 Å². The second-order valence-corrected chi connectivity index (χ2v) is 9.01. The highest BCUT2D eigenvalue weighted by molar-refractivity contribution is 8.10. The predicted molar refractivity (Wildman–Crippen MR) is 98.2 cm³/mol. The molecule has 0 spiro atoms.